The Balaban J connectivity index is 1.90. The highest BCUT2D eigenvalue weighted by molar-refractivity contribution is 7.09. The molecule has 0 saturated carbocycles. The van der Waals surface area contributed by atoms with Gasteiger partial charge < -0.3 is 4.90 Å². The van der Waals surface area contributed by atoms with Gasteiger partial charge in [0.15, 0.2) is 0 Å². The first kappa shape index (κ1) is 10.9. The molecule has 0 atom stereocenters. The summed E-state index contributed by atoms with van der Waals surface area (Å²) in [5, 5.41) is 8.20. The number of likely N-dealkylation sites (N-methyl/N-ethyl adjacent to an activating group) is 1. The molecule has 0 aliphatic carbocycles. The van der Waals surface area contributed by atoms with Gasteiger partial charge in [-0.15, -0.1) is 0 Å². The molecule has 0 spiro atoms. The maximum Gasteiger partial charge on any atom is 0.227 e. The number of hydrogen-bond donors (Lipinski definition) is 0. The maximum absolute atomic E-state index is 12.7. The van der Waals surface area contributed by atoms with E-state index >= 15 is 0 Å². The van der Waals surface area contributed by atoms with Crippen LogP contribution >= 0.6 is 11.5 Å². The van der Waals surface area contributed by atoms with Crippen LogP contribution in [-0.4, -0.2) is 28.4 Å². The van der Waals surface area contributed by atoms with Crippen LogP contribution in [0.5, 0.6) is 0 Å². The van der Waals surface area contributed by atoms with E-state index in [1.54, 1.807) is 12.1 Å². The summed E-state index contributed by atoms with van der Waals surface area (Å²) in [5.74, 6) is -0.203. The van der Waals surface area contributed by atoms with E-state index in [9.17, 15) is 4.39 Å². The number of benzene rings is 1. The average Bonchev–Trinajstić information content (AvgIpc) is 2.81. The zero-order chi connectivity index (χ0) is 11.4. The Hall–Kier alpha value is -1.56. The minimum absolute atomic E-state index is 0.203. The quantitative estimate of drug-likeness (QED) is 0.813. The molecule has 0 bridgehead atoms. The van der Waals surface area contributed by atoms with Gasteiger partial charge in [-0.2, -0.15) is 0 Å². The van der Waals surface area contributed by atoms with Gasteiger partial charge in [-0.3, -0.25) is 0 Å². The molecule has 2 rings (SSSR count). The third-order valence-electron chi connectivity index (χ3n) is 2.26. The second-order valence-electron chi connectivity index (χ2n) is 3.44. The molecule has 0 radical (unpaired) electrons. The Kier molecular flexibility index (Phi) is 3.40. The first-order valence-electron chi connectivity index (χ1n) is 4.86. The molecule has 0 saturated heterocycles. The van der Waals surface area contributed by atoms with Crippen molar-refractivity contribution in [3.8, 4) is 0 Å². The minimum atomic E-state index is -0.203. The van der Waals surface area contributed by atoms with Crippen LogP contribution in [0.2, 0.25) is 0 Å². The van der Waals surface area contributed by atoms with Crippen LogP contribution in [0.1, 0.15) is 5.56 Å². The Labute approximate surface area is 96.9 Å². The lowest BCUT2D eigenvalue weighted by atomic mass is 10.1. The monoisotopic (exact) mass is 238 g/mol. The molecule has 1 aromatic carbocycles. The highest BCUT2D eigenvalue weighted by Crippen LogP contribution is 2.12. The highest BCUT2D eigenvalue weighted by atomic mass is 32.1. The predicted molar refractivity (Wildman–Crippen MR) is 61.1 cm³/mol. The molecule has 0 fully saturated rings. The van der Waals surface area contributed by atoms with E-state index in [2.05, 4.69) is 14.8 Å². The number of halogens is 1. The summed E-state index contributed by atoms with van der Waals surface area (Å²) in [6, 6.07) is 6.53. The summed E-state index contributed by atoms with van der Waals surface area (Å²) >= 11 is 1.26. The normalized spacial score (nSPS) is 10.4. The molecule has 0 amide bonds. The topological polar surface area (TPSA) is 41.9 Å². The molecule has 1 aromatic heterocycles. The molecule has 1 heterocycles. The van der Waals surface area contributed by atoms with Crippen molar-refractivity contribution in [3.63, 3.8) is 0 Å². The van der Waals surface area contributed by atoms with E-state index in [1.165, 1.54) is 23.7 Å². The van der Waals surface area contributed by atoms with E-state index < -0.39 is 0 Å². The predicted octanol–water partition coefficient (Wildman–Crippen LogP) is 1.75. The lowest BCUT2D eigenvalue weighted by Crippen LogP contribution is -2.20. The van der Waals surface area contributed by atoms with Gasteiger partial charge in [-0.25, -0.2) is 4.39 Å². The average molecular weight is 238 g/mol. The lowest BCUT2D eigenvalue weighted by Gasteiger charge is -2.13. The standard InChI is InChI=1S/C10H11FN4S/c1-15(10-12-13-14-16-10)7-6-8-2-4-9(11)5-3-8/h2-5H,6-7H2,1H3. The SMILES string of the molecule is CN(CCc1ccc(F)cc1)c1nnns1. The number of rotatable bonds is 4. The highest BCUT2D eigenvalue weighted by Gasteiger charge is 2.05. The summed E-state index contributed by atoms with van der Waals surface area (Å²) in [6.07, 6.45) is 0.844. The summed E-state index contributed by atoms with van der Waals surface area (Å²) < 4.78 is 16.4. The molecule has 0 N–H and O–H groups in total. The Morgan fingerprint density at radius 3 is 2.69 bits per heavy atom. The molecular formula is C10H11FN4S. The molecule has 0 unspecified atom stereocenters. The van der Waals surface area contributed by atoms with E-state index in [1.807, 2.05) is 11.9 Å². The molecule has 6 heteroatoms. The largest absolute Gasteiger partial charge is 0.348 e. The van der Waals surface area contributed by atoms with Crippen LogP contribution in [0.25, 0.3) is 0 Å². The van der Waals surface area contributed by atoms with Crippen molar-refractivity contribution in [1.29, 1.82) is 0 Å². The molecule has 4 nitrogen and oxygen atoms in total. The second kappa shape index (κ2) is 4.98. The van der Waals surface area contributed by atoms with Gasteiger partial charge in [0, 0.05) is 25.1 Å². The van der Waals surface area contributed by atoms with Crippen LogP contribution in [0, 0.1) is 5.82 Å². The van der Waals surface area contributed by atoms with Crippen molar-refractivity contribution >= 4 is 16.7 Å². The van der Waals surface area contributed by atoms with Crippen LogP contribution in [0.3, 0.4) is 0 Å². The fraction of sp³-hybridized carbons (Fsp3) is 0.300. The van der Waals surface area contributed by atoms with Crippen LogP contribution in [0.15, 0.2) is 24.3 Å². The van der Waals surface area contributed by atoms with Gasteiger partial charge in [0.2, 0.25) is 5.13 Å². The lowest BCUT2D eigenvalue weighted by molar-refractivity contribution is 0.627. The molecule has 0 aliphatic heterocycles. The summed E-state index contributed by atoms with van der Waals surface area (Å²) in [5.41, 5.74) is 1.10. The van der Waals surface area contributed by atoms with E-state index in [4.69, 9.17) is 0 Å². The second-order valence-corrected chi connectivity index (χ2v) is 4.15. The third kappa shape index (κ3) is 2.73. The molecule has 2 aromatic rings. The molecule has 84 valence electrons. The van der Waals surface area contributed by atoms with Gasteiger partial charge in [-0.1, -0.05) is 21.7 Å². The first-order valence-corrected chi connectivity index (χ1v) is 5.63. The smallest absolute Gasteiger partial charge is 0.227 e. The first-order chi connectivity index (χ1) is 7.75. The van der Waals surface area contributed by atoms with Crippen molar-refractivity contribution in [2.24, 2.45) is 0 Å². The van der Waals surface area contributed by atoms with Crippen LogP contribution in [-0.2, 0) is 6.42 Å². The van der Waals surface area contributed by atoms with Gasteiger partial charge in [0.05, 0.1) is 0 Å². The van der Waals surface area contributed by atoms with Gasteiger partial charge in [0.25, 0.3) is 0 Å². The molecule has 16 heavy (non-hydrogen) atoms. The Bertz CT molecular complexity index is 429. The van der Waals surface area contributed by atoms with E-state index in [0.717, 1.165) is 23.7 Å². The van der Waals surface area contributed by atoms with Crippen molar-refractivity contribution in [1.82, 2.24) is 14.8 Å². The Morgan fingerprint density at radius 1 is 1.31 bits per heavy atom. The van der Waals surface area contributed by atoms with Gasteiger partial charge in [-0.05, 0) is 29.3 Å². The van der Waals surface area contributed by atoms with Gasteiger partial charge >= 0.3 is 0 Å². The number of hydrogen-bond acceptors (Lipinski definition) is 5. The molecule has 0 aliphatic rings. The number of aromatic nitrogens is 3. The summed E-state index contributed by atoms with van der Waals surface area (Å²) in [7, 11) is 1.94. The van der Waals surface area contributed by atoms with Crippen LogP contribution in [0.4, 0.5) is 9.52 Å². The minimum Gasteiger partial charge on any atom is -0.348 e. The van der Waals surface area contributed by atoms with Gasteiger partial charge in [0.1, 0.15) is 5.82 Å². The van der Waals surface area contributed by atoms with Crippen molar-refractivity contribution in [2.75, 3.05) is 18.5 Å². The number of anilines is 1. The third-order valence-corrected chi connectivity index (χ3v) is 2.98. The fourth-order valence-electron chi connectivity index (χ4n) is 1.32. The van der Waals surface area contributed by atoms with Crippen molar-refractivity contribution < 1.29 is 4.39 Å². The van der Waals surface area contributed by atoms with Crippen LogP contribution < -0.4 is 4.90 Å². The van der Waals surface area contributed by atoms with Crippen molar-refractivity contribution in [3.05, 3.63) is 35.6 Å². The fourth-order valence-corrected chi connectivity index (χ4v) is 1.77. The maximum atomic E-state index is 12.7. The van der Waals surface area contributed by atoms with Crippen molar-refractivity contribution in [2.45, 2.75) is 6.42 Å². The Morgan fingerprint density at radius 2 is 2.06 bits per heavy atom. The molecular weight excluding hydrogens is 227 g/mol. The zero-order valence-electron chi connectivity index (χ0n) is 8.80. The summed E-state index contributed by atoms with van der Waals surface area (Å²) in [4.78, 5) is 1.98. The number of nitrogens with zero attached hydrogens (tertiary/aromatic N) is 4. The van der Waals surface area contributed by atoms with E-state index in [0.29, 0.717) is 0 Å². The zero-order valence-corrected chi connectivity index (χ0v) is 9.62. The van der Waals surface area contributed by atoms with E-state index in [-0.39, 0.29) is 5.82 Å². The summed E-state index contributed by atoms with van der Waals surface area (Å²) in [6.45, 7) is 0.808.